The lowest BCUT2D eigenvalue weighted by atomic mass is 10.3. The Balaban J connectivity index is 1.73. The van der Waals surface area contributed by atoms with Crippen LogP contribution in [0.15, 0.2) is 29.2 Å². The largest absolute Gasteiger partial charge is 0.467 e. The highest BCUT2D eigenvalue weighted by Gasteiger charge is 2.26. The summed E-state index contributed by atoms with van der Waals surface area (Å²) in [5.74, 6) is 0.351. The predicted molar refractivity (Wildman–Crippen MR) is 75.3 cm³/mol. The zero-order valence-corrected chi connectivity index (χ0v) is 12.2. The molecule has 1 aliphatic heterocycles. The van der Waals surface area contributed by atoms with E-state index in [0.717, 1.165) is 23.7 Å². The Labute approximate surface area is 122 Å². The molecule has 1 aliphatic rings. The fourth-order valence-corrected chi connectivity index (χ4v) is 2.92. The number of morpholine rings is 1. The van der Waals surface area contributed by atoms with Gasteiger partial charge < -0.3 is 9.47 Å². The van der Waals surface area contributed by atoms with E-state index >= 15 is 0 Å². The molecule has 0 bridgehead atoms. The second kappa shape index (κ2) is 7.61. The van der Waals surface area contributed by atoms with Crippen molar-refractivity contribution in [2.75, 3.05) is 39.1 Å². The van der Waals surface area contributed by atoms with Gasteiger partial charge in [0, 0.05) is 30.3 Å². The molecule has 1 unspecified atom stereocenters. The normalized spacial score (nSPS) is 19.8. The maximum atomic E-state index is 12.8. The number of nitrogens with zero attached hydrogens (tertiary/aromatic N) is 1. The second-order valence-corrected chi connectivity index (χ2v) is 5.65. The Morgan fingerprint density at radius 3 is 2.95 bits per heavy atom. The lowest BCUT2D eigenvalue weighted by Gasteiger charge is -2.31. The van der Waals surface area contributed by atoms with Crippen molar-refractivity contribution >= 4 is 17.7 Å². The molecule has 0 radical (unpaired) electrons. The van der Waals surface area contributed by atoms with Gasteiger partial charge in [-0.3, -0.25) is 4.90 Å². The number of benzene rings is 1. The van der Waals surface area contributed by atoms with Gasteiger partial charge in [0.2, 0.25) is 0 Å². The molecule has 0 saturated carbocycles. The molecule has 1 fully saturated rings. The van der Waals surface area contributed by atoms with Crippen molar-refractivity contribution in [3.05, 3.63) is 30.1 Å². The van der Waals surface area contributed by atoms with E-state index in [9.17, 15) is 9.18 Å². The third-order valence-corrected chi connectivity index (χ3v) is 4.10. The lowest BCUT2D eigenvalue weighted by Crippen LogP contribution is -2.47. The number of rotatable bonds is 5. The fourth-order valence-electron chi connectivity index (χ4n) is 2.00. The summed E-state index contributed by atoms with van der Waals surface area (Å²) in [6.45, 7) is 2.79. The summed E-state index contributed by atoms with van der Waals surface area (Å²) in [6, 6.07) is 6.47. The fraction of sp³-hybridized carbons (Fsp3) is 0.500. The first kappa shape index (κ1) is 15.3. The van der Waals surface area contributed by atoms with Crippen molar-refractivity contribution in [1.29, 1.82) is 0 Å². The minimum Gasteiger partial charge on any atom is -0.467 e. The molecule has 110 valence electrons. The van der Waals surface area contributed by atoms with Crippen molar-refractivity contribution in [3.63, 3.8) is 0 Å². The summed E-state index contributed by atoms with van der Waals surface area (Å²) >= 11 is 1.67. The van der Waals surface area contributed by atoms with Crippen LogP contribution in [0.3, 0.4) is 0 Å². The van der Waals surface area contributed by atoms with Crippen molar-refractivity contribution in [2.24, 2.45) is 0 Å². The predicted octanol–water partition coefficient (Wildman–Crippen LogP) is 1.79. The van der Waals surface area contributed by atoms with Gasteiger partial charge in [-0.1, -0.05) is 0 Å². The molecular weight excluding hydrogens is 281 g/mol. The Kier molecular flexibility index (Phi) is 5.82. The molecule has 0 aliphatic carbocycles. The minimum atomic E-state index is -0.482. The van der Waals surface area contributed by atoms with Crippen LogP contribution in [0.1, 0.15) is 0 Å². The first-order valence-electron chi connectivity index (χ1n) is 6.49. The molecular formula is C14H18FNO3S. The molecule has 1 aromatic carbocycles. The molecule has 0 N–H and O–H groups in total. The quantitative estimate of drug-likeness (QED) is 0.612. The van der Waals surface area contributed by atoms with E-state index < -0.39 is 6.10 Å². The second-order valence-electron chi connectivity index (χ2n) is 4.49. The number of ether oxygens (including phenoxy) is 2. The molecule has 4 nitrogen and oxygen atoms in total. The Hall–Kier alpha value is -1.11. The first-order valence-corrected chi connectivity index (χ1v) is 7.48. The minimum absolute atomic E-state index is 0.219. The van der Waals surface area contributed by atoms with Gasteiger partial charge in [0.1, 0.15) is 5.82 Å². The molecule has 1 heterocycles. The van der Waals surface area contributed by atoms with Crippen LogP contribution >= 0.6 is 11.8 Å². The summed E-state index contributed by atoms with van der Waals surface area (Å²) in [7, 11) is 1.37. The SMILES string of the molecule is COC(=O)C1CN(CCSc2ccc(F)cc2)CCO1. The van der Waals surface area contributed by atoms with Gasteiger partial charge >= 0.3 is 5.97 Å². The molecule has 20 heavy (non-hydrogen) atoms. The number of carbonyl (C=O) groups excluding carboxylic acids is 1. The molecule has 0 aromatic heterocycles. The first-order chi connectivity index (χ1) is 9.69. The average molecular weight is 299 g/mol. The van der Waals surface area contributed by atoms with Gasteiger partial charge in [-0.15, -0.1) is 11.8 Å². The van der Waals surface area contributed by atoms with Crippen LogP contribution in [-0.2, 0) is 14.3 Å². The van der Waals surface area contributed by atoms with E-state index in [2.05, 4.69) is 4.90 Å². The molecule has 0 spiro atoms. The monoisotopic (exact) mass is 299 g/mol. The van der Waals surface area contributed by atoms with E-state index in [1.807, 2.05) is 0 Å². The van der Waals surface area contributed by atoms with Crippen LogP contribution in [0.2, 0.25) is 0 Å². The highest BCUT2D eigenvalue weighted by atomic mass is 32.2. The number of carbonyl (C=O) groups is 1. The van der Waals surface area contributed by atoms with Crippen LogP contribution in [0.4, 0.5) is 4.39 Å². The maximum absolute atomic E-state index is 12.8. The molecule has 1 saturated heterocycles. The van der Waals surface area contributed by atoms with Crippen LogP contribution in [0.5, 0.6) is 0 Å². The summed E-state index contributed by atoms with van der Waals surface area (Å²) in [5.41, 5.74) is 0. The highest BCUT2D eigenvalue weighted by molar-refractivity contribution is 7.99. The van der Waals surface area contributed by atoms with Crippen molar-refractivity contribution in [1.82, 2.24) is 4.90 Å². The number of methoxy groups -OCH3 is 1. The van der Waals surface area contributed by atoms with E-state index in [1.165, 1.54) is 19.2 Å². The van der Waals surface area contributed by atoms with Crippen molar-refractivity contribution in [2.45, 2.75) is 11.0 Å². The van der Waals surface area contributed by atoms with Gasteiger partial charge in [-0.25, -0.2) is 9.18 Å². The molecule has 1 aromatic rings. The Morgan fingerprint density at radius 2 is 2.25 bits per heavy atom. The van der Waals surface area contributed by atoms with Crippen LogP contribution in [0, 0.1) is 5.82 Å². The standard InChI is InChI=1S/C14H18FNO3S/c1-18-14(17)13-10-16(6-8-19-13)7-9-20-12-4-2-11(15)3-5-12/h2-5,13H,6-10H2,1H3. The third-order valence-electron chi connectivity index (χ3n) is 3.10. The van der Waals surface area contributed by atoms with Gasteiger partial charge in [0.05, 0.1) is 13.7 Å². The van der Waals surface area contributed by atoms with Crippen LogP contribution < -0.4 is 0 Å². The van der Waals surface area contributed by atoms with Gasteiger partial charge in [-0.05, 0) is 24.3 Å². The number of thioether (sulfide) groups is 1. The Bertz CT molecular complexity index is 441. The maximum Gasteiger partial charge on any atom is 0.336 e. The number of hydrogen-bond acceptors (Lipinski definition) is 5. The molecule has 6 heteroatoms. The van der Waals surface area contributed by atoms with E-state index in [0.29, 0.717) is 13.2 Å². The third kappa shape index (κ3) is 4.47. The lowest BCUT2D eigenvalue weighted by molar-refractivity contribution is -0.159. The summed E-state index contributed by atoms with van der Waals surface area (Å²) in [6.07, 6.45) is -0.482. The van der Waals surface area contributed by atoms with Crippen molar-refractivity contribution in [3.8, 4) is 0 Å². The summed E-state index contributed by atoms with van der Waals surface area (Å²) in [5, 5.41) is 0. The van der Waals surface area contributed by atoms with Crippen LogP contribution in [-0.4, -0.2) is 56.1 Å². The van der Waals surface area contributed by atoms with Gasteiger partial charge in [-0.2, -0.15) is 0 Å². The van der Waals surface area contributed by atoms with Gasteiger partial charge in [0.15, 0.2) is 6.10 Å². The average Bonchev–Trinajstić information content (AvgIpc) is 2.49. The number of esters is 1. The zero-order chi connectivity index (χ0) is 14.4. The summed E-state index contributed by atoms with van der Waals surface area (Å²) < 4.78 is 22.8. The molecule has 2 rings (SSSR count). The van der Waals surface area contributed by atoms with Gasteiger partial charge in [0.25, 0.3) is 0 Å². The summed E-state index contributed by atoms with van der Waals surface area (Å²) in [4.78, 5) is 14.7. The number of hydrogen-bond donors (Lipinski definition) is 0. The Morgan fingerprint density at radius 1 is 1.50 bits per heavy atom. The molecule has 0 amide bonds. The van der Waals surface area contributed by atoms with E-state index in [1.54, 1.807) is 23.9 Å². The van der Waals surface area contributed by atoms with Crippen LogP contribution in [0.25, 0.3) is 0 Å². The van der Waals surface area contributed by atoms with Crippen molar-refractivity contribution < 1.29 is 18.7 Å². The van der Waals surface area contributed by atoms with E-state index in [-0.39, 0.29) is 11.8 Å². The highest BCUT2D eigenvalue weighted by Crippen LogP contribution is 2.18. The number of halogens is 1. The molecule has 1 atom stereocenters. The van der Waals surface area contributed by atoms with E-state index in [4.69, 9.17) is 9.47 Å². The zero-order valence-electron chi connectivity index (χ0n) is 11.4. The topological polar surface area (TPSA) is 38.8 Å². The smallest absolute Gasteiger partial charge is 0.336 e.